The lowest BCUT2D eigenvalue weighted by atomic mass is 10.1. The maximum Gasteiger partial charge on any atom is 0.0931 e. The molecule has 5 heteroatoms. The summed E-state index contributed by atoms with van der Waals surface area (Å²) in [5.41, 5.74) is 0. The normalized spacial score (nSPS) is 25.4. The van der Waals surface area contributed by atoms with Crippen molar-refractivity contribution in [3.05, 3.63) is 21.3 Å². The predicted molar refractivity (Wildman–Crippen MR) is 93.3 cm³/mol. The fourth-order valence-corrected chi connectivity index (χ4v) is 6.51. The first-order valence-electron chi connectivity index (χ1n) is 6.91. The molecule has 0 spiro atoms. The van der Waals surface area contributed by atoms with Gasteiger partial charge in [-0.05, 0) is 31.5 Å². The minimum atomic E-state index is 0.572. The summed E-state index contributed by atoms with van der Waals surface area (Å²) in [5.74, 6) is 2.59. The van der Waals surface area contributed by atoms with Crippen molar-refractivity contribution in [3.63, 3.8) is 0 Å². The van der Waals surface area contributed by atoms with E-state index >= 15 is 0 Å². The third-order valence-electron chi connectivity index (χ3n) is 3.34. The summed E-state index contributed by atoms with van der Waals surface area (Å²) in [6, 6.07) is 4.77. The van der Waals surface area contributed by atoms with Crippen LogP contribution in [-0.4, -0.2) is 34.6 Å². The van der Waals surface area contributed by atoms with Crippen LogP contribution >= 0.6 is 46.5 Å². The Morgan fingerprint density at radius 1 is 1.37 bits per heavy atom. The van der Waals surface area contributed by atoms with E-state index in [9.17, 15) is 0 Å². The van der Waals surface area contributed by atoms with Gasteiger partial charge in [-0.1, -0.05) is 25.4 Å². The van der Waals surface area contributed by atoms with Gasteiger partial charge in [-0.25, -0.2) is 0 Å². The average molecular weight is 336 g/mol. The highest BCUT2D eigenvalue weighted by atomic mass is 35.5. The Morgan fingerprint density at radius 2 is 2.16 bits per heavy atom. The van der Waals surface area contributed by atoms with Gasteiger partial charge in [0.15, 0.2) is 0 Å². The number of halogens is 1. The van der Waals surface area contributed by atoms with Crippen LogP contribution in [0.5, 0.6) is 0 Å². The highest BCUT2D eigenvalue weighted by Gasteiger charge is 2.30. The molecule has 1 N–H and O–H groups in total. The molecule has 0 bridgehead atoms. The van der Waals surface area contributed by atoms with Gasteiger partial charge in [-0.15, -0.1) is 11.3 Å². The number of hydrogen-bond donors (Lipinski definition) is 1. The first kappa shape index (κ1) is 16.0. The minimum Gasteiger partial charge on any atom is -0.312 e. The van der Waals surface area contributed by atoms with E-state index in [2.05, 4.69) is 48.8 Å². The van der Waals surface area contributed by atoms with Crippen molar-refractivity contribution in [1.82, 2.24) is 5.32 Å². The second-order valence-electron chi connectivity index (χ2n) is 4.88. The van der Waals surface area contributed by atoms with Crippen LogP contribution in [0.2, 0.25) is 4.34 Å². The fourth-order valence-electron chi connectivity index (χ4n) is 2.40. The second kappa shape index (κ2) is 8.18. The highest BCUT2D eigenvalue weighted by molar-refractivity contribution is 8.07. The number of thioether (sulfide) groups is 2. The number of nitrogens with one attached hydrogen (secondary N) is 1. The molecule has 2 heterocycles. The lowest BCUT2D eigenvalue weighted by molar-refractivity contribution is 0.489. The van der Waals surface area contributed by atoms with Gasteiger partial charge >= 0.3 is 0 Å². The van der Waals surface area contributed by atoms with Crippen molar-refractivity contribution >= 4 is 46.5 Å². The Labute approximate surface area is 134 Å². The summed E-state index contributed by atoms with van der Waals surface area (Å²) in [6.07, 6.45) is 2.31. The van der Waals surface area contributed by atoms with Crippen LogP contribution in [-0.2, 0) is 6.42 Å². The lowest BCUT2D eigenvalue weighted by Gasteiger charge is -2.35. The molecule has 0 saturated carbocycles. The Hall–Kier alpha value is 0.650. The first-order valence-corrected chi connectivity index (χ1v) is 10.2. The summed E-state index contributed by atoms with van der Waals surface area (Å²) in [5, 5.41) is 5.21. The molecule has 1 aliphatic rings. The van der Waals surface area contributed by atoms with Gasteiger partial charge in [0, 0.05) is 32.9 Å². The molecule has 1 aromatic heterocycles. The van der Waals surface area contributed by atoms with Crippen molar-refractivity contribution in [2.24, 2.45) is 0 Å². The molecule has 0 amide bonds. The zero-order valence-corrected chi connectivity index (χ0v) is 14.7. The van der Waals surface area contributed by atoms with E-state index in [1.165, 1.54) is 22.8 Å². The van der Waals surface area contributed by atoms with Gasteiger partial charge in [-0.3, -0.25) is 0 Å². The van der Waals surface area contributed by atoms with E-state index in [1.54, 1.807) is 11.3 Å². The van der Waals surface area contributed by atoms with Gasteiger partial charge < -0.3 is 5.32 Å². The summed E-state index contributed by atoms with van der Waals surface area (Å²) in [7, 11) is 0. The lowest BCUT2D eigenvalue weighted by Crippen LogP contribution is -2.45. The molecule has 2 rings (SSSR count). The molecule has 0 aromatic carbocycles. The van der Waals surface area contributed by atoms with E-state index in [1.807, 2.05) is 6.07 Å². The summed E-state index contributed by atoms with van der Waals surface area (Å²) in [6.45, 7) is 5.72. The molecule has 0 aliphatic carbocycles. The molecule has 1 aromatic rings. The molecular weight excluding hydrogens is 314 g/mol. The maximum atomic E-state index is 6.05. The van der Waals surface area contributed by atoms with Crippen molar-refractivity contribution in [1.29, 1.82) is 0 Å². The highest BCUT2D eigenvalue weighted by Crippen LogP contribution is 2.35. The molecule has 1 saturated heterocycles. The SMILES string of the molecule is CCCNC(Cc1ccc(Cl)s1)C1SCCSC1C. The van der Waals surface area contributed by atoms with Gasteiger partial charge in [-0.2, -0.15) is 23.5 Å². The largest absolute Gasteiger partial charge is 0.312 e. The van der Waals surface area contributed by atoms with Gasteiger partial charge in [0.1, 0.15) is 0 Å². The molecular formula is C14H22ClNS3. The number of hydrogen-bond acceptors (Lipinski definition) is 4. The topological polar surface area (TPSA) is 12.0 Å². The molecule has 1 aliphatic heterocycles. The monoisotopic (exact) mass is 335 g/mol. The van der Waals surface area contributed by atoms with Crippen LogP contribution in [0.3, 0.4) is 0 Å². The number of thiophene rings is 1. The van der Waals surface area contributed by atoms with Crippen molar-refractivity contribution in [2.45, 2.75) is 43.2 Å². The van der Waals surface area contributed by atoms with Gasteiger partial charge in [0.25, 0.3) is 0 Å². The van der Waals surface area contributed by atoms with E-state index in [-0.39, 0.29) is 0 Å². The van der Waals surface area contributed by atoms with E-state index < -0.39 is 0 Å². The van der Waals surface area contributed by atoms with Crippen LogP contribution in [0, 0.1) is 0 Å². The first-order chi connectivity index (χ1) is 9.20. The molecule has 108 valence electrons. The van der Waals surface area contributed by atoms with Crippen molar-refractivity contribution < 1.29 is 0 Å². The third kappa shape index (κ3) is 4.85. The Bertz CT molecular complexity index is 383. The van der Waals surface area contributed by atoms with Gasteiger partial charge in [0.2, 0.25) is 0 Å². The second-order valence-corrected chi connectivity index (χ2v) is 9.45. The van der Waals surface area contributed by atoms with Crippen molar-refractivity contribution in [3.8, 4) is 0 Å². The predicted octanol–water partition coefficient (Wildman–Crippen LogP) is 4.55. The maximum absolute atomic E-state index is 6.05. The Balaban J connectivity index is 2.01. The summed E-state index contributed by atoms with van der Waals surface area (Å²) >= 11 is 12.0. The Morgan fingerprint density at radius 3 is 2.79 bits per heavy atom. The average Bonchev–Trinajstić information content (AvgIpc) is 2.81. The molecule has 1 fully saturated rings. The standard InChI is InChI=1S/C14H22ClNS3/c1-3-6-16-12(9-11-4-5-13(15)19-11)14-10(2)17-7-8-18-14/h4-5,10,12,14,16H,3,6-9H2,1-2H3. The van der Waals surface area contributed by atoms with E-state index in [4.69, 9.17) is 11.6 Å². The third-order valence-corrected chi connectivity index (χ3v) is 7.84. The molecule has 3 atom stereocenters. The number of rotatable bonds is 6. The van der Waals surface area contributed by atoms with Crippen LogP contribution in [0.1, 0.15) is 25.1 Å². The molecule has 0 radical (unpaired) electrons. The fraction of sp³-hybridized carbons (Fsp3) is 0.714. The zero-order valence-electron chi connectivity index (χ0n) is 11.5. The van der Waals surface area contributed by atoms with Crippen molar-refractivity contribution in [2.75, 3.05) is 18.1 Å². The summed E-state index contributed by atoms with van der Waals surface area (Å²) in [4.78, 5) is 1.40. The smallest absolute Gasteiger partial charge is 0.0931 e. The molecule has 1 nitrogen and oxygen atoms in total. The molecule has 3 unspecified atom stereocenters. The van der Waals surface area contributed by atoms with E-state index in [0.717, 1.165) is 22.6 Å². The van der Waals surface area contributed by atoms with Crippen LogP contribution < -0.4 is 5.32 Å². The summed E-state index contributed by atoms with van der Waals surface area (Å²) < 4.78 is 0.906. The minimum absolute atomic E-state index is 0.572. The van der Waals surface area contributed by atoms with Crippen LogP contribution in [0.25, 0.3) is 0 Å². The van der Waals surface area contributed by atoms with Crippen LogP contribution in [0.15, 0.2) is 12.1 Å². The molecule has 19 heavy (non-hydrogen) atoms. The van der Waals surface area contributed by atoms with Gasteiger partial charge in [0.05, 0.1) is 4.34 Å². The zero-order chi connectivity index (χ0) is 13.7. The quantitative estimate of drug-likeness (QED) is 0.819. The van der Waals surface area contributed by atoms with Crippen LogP contribution in [0.4, 0.5) is 0 Å². The van der Waals surface area contributed by atoms with E-state index in [0.29, 0.717) is 11.3 Å². The Kier molecular flexibility index (Phi) is 6.90.